The second-order valence-electron chi connectivity index (χ2n) is 1.80. The Morgan fingerprint density at radius 3 is 2.89 bits per heavy atom. The minimum atomic E-state index is -0.282. The van der Waals surface area contributed by atoms with E-state index < -0.39 is 0 Å². The second kappa shape index (κ2) is 2.79. The highest BCUT2D eigenvalue weighted by atomic mass is 127. The molecule has 2 nitrogen and oxygen atoms in total. The van der Waals surface area contributed by atoms with Crippen molar-refractivity contribution in [3.05, 3.63) is 12.2 Å². The third-order valence-corrected chi connectivity index (χ3v) is 2.21. The molecule has 0 spiro atoms. The van der Waals surface area contributed by atoms with E-state index in [0.717, 1.165) is 6.54 Å². The summed E-state index contributed by atoms with van der Waals surface area (Å²) in [6, 6.07) is 0. The number of halogens is 1. The zero-order valence-corrected chi connectivity index (χ0v) is 7.33. The number of methoxy groups -OCH3 is 1. The van der Waals surface area contributed by atoms with Crippen LogP contribution in [0.5, 0.6) is 0 Å². The molecule has 1 heterocycles. The highest BCUT2D eigenvalue weighted by molar-refractivity contribution is 14.1. The normalized spacial score (nSPS) is 33.1. The van der Waals surface area contributed by atoms with E-state index in [1.165, 1.54) is 0 Å². The fourth-order valence-corrected chi connectivity index (χ4v) is 1.07. The molecule has 3 heteroatoms. The molecule has 0 bridgehead atoms. The first-order valence-corrected chi connectivity index (χ1v) is 3.77. The summed E-state index contributed by atoms with van der Waals surface area (Å²) in [5.74, 6) is 0. The van der Waals surface area contributed by atoms with Gasteiger partial charge in [-0.15, -0.1) is 0 Å². The summed E-state index contributed by atoms with van der Waals surface area (Å²) in [6.45, 7) is 0.786. The van der Waals surface area contributed by atoms with Gasteiger partial charge in [-0.25, -0.2) is 0 Å². The zero-order chi connectivity index (χ0) is 6.74. The lowest BCUT2D eigenvalue weighted by Gasteiger charge is -2.18. The molecule has 0 aliphatic carbocycles. The summed E-state index contributed by atoms with van der Waals surface area (Å²) in [5, 5.41) is 0. The van der Waals surface area contributed by atoms with E-state index in [4.69, 9.17) is 4.74 Å². The van der Waals surface area contributed by atoms with Gasteiger partial charge in [0, 0.05) is 13.3 Å². The van der Waals surface area contributed by atoms with Crippen molar-refractivity contribution in [2.24, 2.45) is 4.99 Å². The first-order chi connectivity index (χ1) is 4.27. The highest BCUT2D eigenvalue weighted by Gasteiger charge is 2.19. The zero-order valence-electron chi connectivity index (χ0n) is 5.17. The number of dihydropyridines is 1. The molecule has 1 aliphatic heterocycles. The molecule has 1 atom stereocenters. The molecule has 9 heavy (non-hydrogen) atoms. The predicted octanol–water partition coefficient (Wildman–Crippen LogP) is 1.40. The Kier molecular flexibility index (Phi) is 2.23. The maximum absolute atomic E-state index is 5.13. The van der Waals surface area contributed by atoms with Gasteiger partial charge in [0.05, 0.1) is 6.54 Å². The maximum atomic E-state index is 5.13. The monoisotopic (exact) mass is 237 g/mol. The lowest BCUT2D eigenvalue weighted by Crippen LogP contribution is -2.23. The van der Waals surface area contributed by atoms with Crippen LogP contribution < -0.4 is 0 Å². The number of alkyl halides is 1. The molecule has 0 radical (unpaired) electrons. The van der Waals surface area contributed by atoms with Crippen LogP contribution in [0.15, 0.2) is 17.1 Å². The Morgan fingerprint density at radius 1 is 1.78 bits per heavy atom. The third kappa shape index (κ3) is 1.76. The van der Waals surface area contributed by atoms with Gasteiger partial charge in [0.2, 0.25) is 0 Å². The molecule has 1 unspecified atom stereocenters. The molecule has 1 aliphatic rings. The molecule has 1 rings (SSSR count). The minimum Gasteiger partial charge on any atom is -0.359 e. The van der Waals surface area contributed by atoms with Crippen LogP contribution in [0.2, 0.25) is 0 Å². The molecule has 0 aromatic heterocycles. The van der Waals surface area contributed by atoms with E-state index in [-0.39, 0.29) is 3.61 Å². The summed E-state index contributed by atoms with van der Waals surface area (Å²) in [4.78, 5) is 4.06. The topological polar surface area (TPSA) is 21.6 Å². The van der Waals surface area contributed by atoms with Crippen molar-refractivity contribution >= 4 is 28.8 Å². The number of rotatable bonds is 1. The molecule has 0 saturated carbocycles. The second-order valence-corrected chi connectivity index (χ2v) is 3.48. The number of hydrogen-bond donors (Lipinski definition) is 0. The van der Waals surface area contributed by atoms with Gasteiger partial charge in [-0.05, 0) is 28.7 Å². The van der Waals surface area contributed by atoms with Crippen molar-refractivity contribution in [3.8, 4) is 0 Å². The van der Waals surface area contributed by atoms with Crippen molar-refractivity contribution in [1.29, 1.82) is 0 Å². The van der Waals surface area contributed by atoms with Gasteiger partial charge in [-0.1, -0.05) is 6.08 Å². The number of aliphatic imine (C=N–C) groups is 1. The minimum absolute atomic E-state index is 0.282. The van der Waals surface area contributed by atoms with Gasteiger partial charge in [0.1, 0.15) is 0 Å². The van der Waals surface area contributed by atoms with Gasteiger partial charge in [-0.2, -0.15) is 0 Å². The molecule has 50 valence electrons. The van der Waals surface area contributed by atoms with Crippen LogP contribution in [0.3, 0.4) is 0 Å². The standard InChI is InChI=1S/C6H8INO/c1-9-6(7)3-2-4-8-5-6/h2-3,5H,4H2,1H3. The fraction of sp³-hybridized carbons (Fsp3) is 0.500. The third-order valence-electron chi connectivity index (χ3n) is 1.14. The van der Waals surface area contributed by atoms with Gasteiger partial charge in [-0.3, -0.25) is 4.99 Å². The van der Waals surface area contributed by atoms with Crippen LogP contribution in [0.25, 0.3) is 0 Å². The van der Waals surface area contributed by atoms with E-state index in [2.05, 4.69) is 27.6 Å². The number of hydrogen-bond acceptors (Lipinski definition) is 2. The van der Waals surface area contributed by atoms with Crippen LogP contribution in [0.1, 0.15) is 0 Å². The first kappa shape index (κ1) is 7.21. The van der Waals surface area contributed by atoms with Crippen LogP contribution in [-0.2, 0) is 4.74 Å². The molecule has 0 fully saturated rings. The quantitative estimate of drug-likeness (QED) is 0.384. The maximum Gasteiger partial charge on any atom is 0.171 e. The fourth-order valence-electron chi connectivity index (χ4n) is 0.615. The van der Waals surface area contributed by atoms with E-state index in [0.29, 0.717) is 0 Å². The lowest BCUT2D eigenvalue weighted by atomic mass is 10.3. The van der Waals surface area contributed by atoms with Crippen molar-refractivity contribution < 1.29 is 4.74 Å². The average molecular weight is 237 g/mol. The Balaban J connectivity index is 2.67. The molecule has 0 aromatic rings. The van der Waals surface area contributed by atoms with Gasteiger partial charge >= 0.3 is 0 Å². The van der Waals surface area contributed by atoms with Gasteiger partial charge in [0.15, 0.2) is 3.61 Å². The Labute approximate surface area is 68.1 Å². The largest absolute Gasteiger partial charge is 0.359 e. The summed E-state index contributed by atoms with van der Waals surface area (Å²) >= 11 is 2.20. The smallest absolute Gasteiger partial charge is 0.171 e. The Bertz CT molecular complexity index is 141. The van der Waals surface area contributed by atoms with Crippen molar-refractivity contribution in [1.82, 2.24) is 0 Å². The van der Waals surface area contributed by atoms with Gasteiger partial charge in [0.25, 0.3) is 0 Å². The van der Waals surface area contributed by atoms with Crippen LogP contribution in [0.4, 0.5) is 0 Å². The van der Waals surface area contributed by atoms with Crippen molar-refractivity contribution in [3.63, 3.8) is 0 Å². The predicted molar refractivity (Wildman–Crippen MR) is 46.3 cm³/mol. The molecular formula is C6H8INO. The molecular weight excluding hydrogens is 229 g/mol. The van der Waals surface area contributed by atoms with Crippen LogP contribution >= 0.6 is 22.6 Å². The first-order valence-electron chi connectivity index (χ1n) is 2.69. The van der Waals surface area contributed by atoms with Crippen LogP contribution in [0, 0.1) is 0 Å². The summed E-state index contributed by atoms with van der Waals surface area (Å²) in [7, 11) is 1.67. The molecule has 0 amide bonds. The molecule has 0 N–H and O–H groups in total. The number of nitrogens with zero attached hydrogens (tertiary/aromatic N) is 1. The SMILES string of the molecule is COC1(I)C=CCN=C1. The van der Waals surface area contributed by atoms with Gasteiger partial charge < -0.3 is 4.74 Å². The molecule has 0 aromatic carbocycles. The van der Waals surface area contributed by atoms with Crippen molar-refractivity contribution in [2.75, 3.05) is 13.7 Å². The lowest BCUT2D eigenvalue weighted by molar-refractivity contribution is 0.181. The van der Waals surface area contributed by atoms with Crippen molar-refractivity contribution in [2.45, 2.75) is 3.61 Å². The Hall–Kier alpha value is 0.1000. The van der Waals surface area contributed by atoms with Crippen LogP contribution in [-0.4, -0.2) is 23.5 Å². The summed E-state index contributed by atoms with van der Waals surface area (Å²) < 4.78 is 4.85. The van der Waals surface area contributed by atoms with E-state index in [9.17, 15) is 0 Å². The summed E-state index contributed by atoms with van der Waals surface area (Å²) in [5.41, 5.74) is 0. The summed E-state index contributed by atoms with van der Waals surface area (Å²) in [6.07, 6.45) is 5.81. The Morgan fingerprint density at radius 2 is 2.56 bits per heavy atom. The van der Waals surface area contributed by atoms with E-state index in [1.807, 2.05) is 18.4 Å². The average Bonchev–Trinajstić information content (AvgIpc) is 1.90. The molecule has 0 saturated heterocycles. The number of ether oxygens (including phenoxy) is 1. The van der Waals surface area contributed by atoms with E-state index >= 15 is 0 Å². The van der Waals surface area contributed by atoms with E-state index in [1.54, 1.807) is 7.11 Å². The highest BCUT2D eigenvalue weighted by Crippen LogP contribution is 2.20.